The molecule has 0 amide bonds. The summed E-state index contributed by atoms with van der Waals surface area (Å²) in [4.78, 5) is 0. The van der Waals surface area contributed by atoms with Crippen LogP contribution < -0.4 is 59.1 Å². The molecule has 0 fully saturated rings. The van der Waals surface area contributed by atoms with E-state index in [0.29, 0.717) is 11.3 Å². The standard InChI is InChI=1S/C5H11NO.2Na.2H/c1-3-4-5-6(2)7;;;;/h2-5H2,1H3;;;;/q;2*+1;2*-1. The van der Waals surface area contributed by atoms with Gasteiger partial charge in [0.25, 0.3) is 0 Å². The summed E-state index contributed by atoms with van der Waals surface area (Å²) in [5.41, 5.74) is 0. The van der Waals surface area contributed by atoms with E-state index in [9.17, 15) is 5.21 Å². The third-order valence-electron chi connectivity index (χ3n) is 0.761. The second-order valence-electron chi connectivity index (χ2n) is 1.56. The summed E-state index contributed by atoms with van der Waals surface area (Å²) in [6, 6.07) is 0. The van der Waals surface area contributed by atoms with Crippen molar-refractivity contribution in [2.24, 2.45) is 0 Å². The zero-order valence-electron chi connectivity index (χ0n) is 8.68. The number of unbranched alkanes of at least 4 members (excludes halogenated alkanes) is 1. The van der Waals surface area contributed by atoms with Crippen LogP contribution in [0.4, 0.5) is 0 Å². The zero-order chi connectivity index (χ0) is 5.70. The maximum atomic E-state index is 10.0. The molecule has 0 aromatic rings. The molecule has 0 bridgehead atoms. The molecule has 9 heavy (non-hydrogen) atoms. The Balaban J connectivity index is -0.0000000300. The summed E-state index contributed by atoms with van der Waals surface area (Å²) in [5.74, 6) is 0. The van der Waals surface area contributed by atoms with Gasteiger partial charge >= 0.3 is 59.1 Å². The average Bonchev–Trinajstić information content (AvgIpc) is 1.61. The van der Waals surface area contributed by atoms with Gasteiger partial charge in [-0.2, -0.15) is 0 Å². The van der Waals surface area contributed by atoms with E-state index in [0.717, 1.165) is 12.8 Å². The molecule has 0 heterocycles. The second kappa shape index (κ2) is 12.2. The van der Waals surface area contributed by atoms with Gasteiger partial charge in [-0.3, -0.25) is 0 Å². The van der Waals surface area contributed by atoms with Crippen molar-refractivity contribution < 1.29 is 66.7 Å². The van der Waals surface area contributed by atoms with E-state index in [1.807, 2.05) is 6.92 Å². The normalized spacial score (nSPS) is 6.78. The number of hydroxylamine groups is 1. The second-order valence-corrected chi connectivity index (χ2v) is 1.56. The first-order chi connectivity index (χ1) is 3.27. The number of nitrogens with zero attached hydrogens (tertiary/aromatic N) is 1. The predicted molar refractivity (Wildman–Crippen MR) is 32.7 cm³/mol. The molecule has 46 valence electrons. The maximum absolute atomic E-state index is 10.0. The number of hydrogen-bond acceptors (Lipinski definition) is 1. The summed E-state index contributed by atoms with van der Waals surface area (Å²) in [6.07, 6.45) is 2.02. The van der Waals surface area contributed by atoms with Crippen LogP contribution in [-0.2, 0) is 0 Å². The van der Waals surface area contributed by atoms with Gasteiger partial charge in [-0.1, -0.05) is 13.3 Å². The SMILES string of the molecule is C=[N+]([O-])CCCC.[H-].[H-].[Na+].[Na+]. The molecule has 0 unspecified atom stereocenters. The van der Waals surface area contributed by atoms with Crippen LogP contribution >= 0.6 is 0 Å². The summed E-state index contributed by atoms with van der Waals surface area (Å²) < 4.78 is 0.712. The fraction of sp³-hybridized carbons (Fsp3) is 0.800. The predicted octanol–water partition coefficient (Wildman–Crippen LogP) is -4.77. The van der Waals surface area contributed by atoms with Crippen molar-refractivity contribution in [3.05, 3.63) is 5.21 Å². The van der Waals surface area contributed by atoms with E-state index in [4.69, 9.17) is 0 Å². The molecule has 0 saturated heterocycles. The van der Waals surface area contributed by atoms with E-state index >= 15 is 0 Å². The topological polar surface area (TPSA) is 26.1 Å². The Morgan fingerprint density at radius 3 is 2.11 bits per heavy atom. The van der Waals surface area contributed by atoms with Crippen LogP contribution in [0.2, 0.25) is 0 Å². The Morgan fingerprint density at radius 1 is 1.56 bits per heavy atom. The van der Waals surface area contributed by atoms with Crippen molar-refractivity contribution in [3.8, 4) is 0 Å². The van der Waals surface area contributed by atoms with Gasteiger partial charge in [0.05, 0.1) is 0 Å². The minimum atomic E-state index is 0. The molecule has 0 N–H and O–H groups in total. The summed E-state index contributed by atoms with van der Waals surface area (Å²) >= 11 is 0. The molecule has 0 atom stereocenters. The van der Waals surface area contributed by atoms with Crippen LogP contribution in [0.1, 0.15) is 22.6 Å². The number of rotatable bonds is 3. The monoisotopic (exact) mass is 149 g/mol. The van der Waals surface area contributed by atoms with Crippen LogP contribution in [0.15, 0.2) is 0 Å². The van der Waals surface area contributed by atoms with Crippen LogP contribution in [-0.4, -0.2) is 18.0 Å². The molecule has 0 spiro atoms. The summed E-state index contributed by atoms with van der Waals surface area (Å²) in [7, 11) is 0. The van der Waals surface area contributed by atoms with Gasteiger partial charge in [0.2, 0.25) is 0 Å². The molecular weight excluding hydrogens is 136 g/mol. The third-order valence-corrected chi connectivity index (χ3v) is 0.761. The van der Waals surface area contributed by atoms with Crippen LogP contribution in [0.5, 0.6) is 0 Å². The first-order valence-electron chi connectivity index (χ1n) is 2.52. The van der Waals surface area contributed by atoms with Crippen LogP contribution in [0.25, 0.3) is 0 Å². The minimum absolute atomic E-state index is 0. The zero-order valence-corrected chi connectivity index (χ0v) is 10.7. The van der Waals surface area contributed by atoms with Gasteiger partial charge in [0.15, 0.2) is 6.54 Å². The fourth-order valence-electron chi connectivity index (χ4n) is 0.334. The summed E-state index contributed by atoms with van der Waals surface area (Å²) in [6.45, 7) is 5.76. The van der Waals surface area contributed by atoms with Crippen molar-refractivity contribution in [2.45, 2.75) is 19.8 Å². The van der Waals surface area contributed by atoms with Crippen molar-refractivity contribution in [1.29, 1.82) is 0 Å². The van der Waals surface area contributed by atoms with Crippen molar-refractivity contribution >= 4 is 6.72 Å². The molecule has 0 radical (unpaired) electrons. The Morgan fingerprint density at radius 2 is 2.00 bits per heavy atom. The molecule has 0 aliphatic rings. The van der Waals surface area contributed by atoms with Gasteiger partial charge in [-0.25, -0.2) is 4.74 Å². The van der Waals surface area contributed by atoms with Gasteiger partial charge < -0.3 is 8.06 Å². The molecule has 0 aliphatic heterocycles. The van der Waals surface area contributed by atoms with E-state index in [-0.39, 0.29) is 62.0 Å². The summed E-state index contributed by atoms with van der Waals surface area (Å²) in [5, 5.41) is 10.0. The molecule has 0 rings (SSSR count). The van der Waals surface area contributed by atoms with Gasteiger partial charge in [0.1, 0.15) is 6.72 Å². The van der Waals surface area contributed by atoms with Crippen molar-refractivity contribution in [3.63, 3.8) is 0 Å². The Bertz CT molecular complexity index is 75.5. The van der Waals surface area contributed by atoms with E-state index < -0.39 is 0 Å². The average molecular weight is 149 g/mol. The van der Waals surface area contributed by atoms with Crippen molar-refractivity contribution in [2.75, 3.05) is 6.54 Å². The Kier molecular flexibility index (Phi) is 22.8. The fourth-order valence-corrected chi connectivity index (χ4v) is 0.334. The largest absolute Gasteiger partial charge is 1.00 e. The Hall–Kier alpha value is 1.47. The molecule has 0 saturated carbocycles. The van der Waals surface area contributed by atoms with E-state index in [1.165, 1.54) is 0 Å². The third kappa shape index (κ3) is 17.7. The number of hydrogen-bond donors (Lipinski definition) is 0. The molecule has 0 aliphatic carbocycles. The molecule has 0 aromatic heterocycles. The molecular formula is C5H13NNa2O. The molecule has 4 heteroatoms. The van der Waals surface area contributed by atoms with E-state index in [1.54, 1.807) is 0 Å². The van der Waals surface area contributed by atoms with Crippen LogP contribution in [0.3, 0.4) is 0 Å². The van der Waals surface area contributed by atoms with Gasteiger partial charge in [-0.05, 0) is 0 Å². The minimum Gasteiger partial charge on any atom is -1.00 e. The maximum Gasteiger partial charge on any atom is 1.00 e. The van der Waals surface area contributed by atoms with Gasteiger partial charge in [-0.15, -0.1) is 0 Å². The van der Waals surface area contributed by atoms with Crippen molar-refractivity contribution in [1.82, 2.24) is 0 Å². The smallest absolute Gasteiger partial charge is 1.00 e. The van der Waals surface area contributed by atoms with Crippen LogP contribution in [0, 0.1) is 5.21 Å². The van der Waals surface area contributed by atoms with Gasteiger partial charge in [0, 0.05) is 6.42 Å². The first-order valence-corrected chi connectivity index (χ1v) is 2.52. The Labute approximate surface area is 104 Å². The molecule has 0 aromatic carbocycles. The van der Waals surface area contributed by atoms with E-state index in [2.05, 4.69) is 6.72 Å². The first kappa shape index (κ1) is 16.8. The molecule has 2 nitrogen and oxygen atoms in total. The quantitative estimate of drug-likeness (QED) is 0.130.